The molecule has 6 nitrogen and oxygen atoms in total. The summed E-state index contributed by atoms with van der Waals surface area (Å²) in [5.74, 6) is -1.78. The van der Waals surface area contributed by atoms with Crippen molar-refractivity contribution in [1.82, 2.24) is 5.32 Å². The second kappa shape index (κ2) is 6.43. The van der Waals surface area contributed by atoms with Crippen molar-refractivity contribution in [2.45, 2.75) is 26.3 Å². The van der Waals surface area contributed by atoms with E-state index in [1.807, 2.05) is 13.8 Å². The summed E-state index contributed by atoms with van der Waals surface area (Å²) in [4.78, 5) is 35.2. The van der Waals surface area contributed by atoms with Gasteiger partial charge in [-0.05, 0) is 24.5 Å². The Balaban J connectivity index is 2.30. The summed E-state index contributed by atoms with van der Waals surface area (Å²) in [7, 11) is 0. The Morgan fingerprint density at radius 1 is 1.27 bits per heavy atom. The third-order valence-corrected chi connectivity index (χ3v) is 3.20. The summed E-state index contributed by atoms with van der Waals surface area (Å²) in [5, 5.41) is 12.1. The van der Waals surface area contributed by atoms with Gasteiger partial charge < -0.3 is 14.8 Å². The number of hydrogen-bond acceptors (Lipinski definition) is 4. The van der Waals surface area contributed by atoms with Gasteiger partial charge in [-0.1, -0.05) is 32.0 Å². The van der Waals surface area contributed by atoms with E-state index in [2.05, 4.69) is 5.32 Å². The van der Waals surface area contributed by atoms with E-state index >= 15 is 0 Å². The Morgan fingerprint density at radius 2 is 1.95 bits per heavy atom. The van der Waals surface area contributed by atoms with E-state index in [0.29, 0.717) is 11.0 Å². The molecule has 1 amide bonds. The zero-order valence-corrected chi connectivity index (χ0v) is 12.3. The quantitative estimate of drug-likeness (QED) is 0.824. The van der Waals surface area contributed by atoms with Gasteiger partial charge >= 0.3 is 11.6 Å². The first kappa shape index (κ1) is 15.8. The van der Waals surface area contributed by atoms with Crippen molar-refractivity contribution in [3.63, 3.8) is 0 Å². The van der Waals surface area contributed by atoms with Crippen LogP contribution in [0.1, 0.15) is 30.6 Å². The van der Waals surface area contributed by atoms with Gasteiger partial charge in [0.05, 0.1) is 0 Å². The minimum atomic E-state index is -1.13. The molecule has 22 heavy (non-hydrogen) atoms. The summed E-state index contributed by atoms with van der Waals surface area (Å²) in [5.41, 5.74) is -0.611. The first-order chi connectivity index (χ1) is 10.4. The van der Waals surface area contributed by atoms with E-state index in [9.17, 15) is 14.4 Å². The molecule has 0 aliphatic carbocycles. The maximum absolute atomic E-state index is 12.2. The predicted octanol–water partition coefficient (Wildman–Crippen LogP) is 2.02. The molecule has 0 aliphatic rings. The van der Waals surface area contributed by atoms with Crippen molar-refractivity contribution in [1.29, 1.82) is 0 Å². The molecular weight excluding hydrogens is 286 g/mol. The molecule has 0 bridgehead atoms. The average molecular weight is 303 g/mol. The highest BCUT2D eigenvalue weighted by molar-refractivity contribution is 5.98. The summed E-state index contributed by atoms with van der Waals surface area (Å²) < 4.78 is 5.07. The van der Waals surface area contributed by atoms with Gasteiger partial charge in [-0.15, -0.1) is 0 Å². The number of carbonyl (C=O) groups excluding carboxylic acids is 1. The van der Waals surface area contributed by atoms with Crippen molar-refractivity contribution in [2.24, 2.45) is 5.92 Å². The number of nitrogens with one attached hydrogen (secondary N) is 1. The molecule has 1 aromatic heterocycles. The number of rotatable bonds is 5. The van der Waals surface area contributed by atoms with Crippen LogP contribution in [-0.4, -0.2) is 23.0 Å². The first-order valence-corrected chi connectivity index (χ1v) is 6.95. The van der Waals surface area contributed by atoms with E-state index in [1.54, 1.807) is 24.3 Å². The second-order valence-electron chi connectivity index (χ2n) is 5.48. The summed E-state index contributed by atoms with van der Waals surface area (Å²) in [6.45, 7) is 3.71. The second-order valence-corrected chi connectivity index (χ2v) is 5.48. The van der Waals surface area contributed by atoms with E-state index in [4.69, 9.17) is 9.52 Å². The monoisotopic (exact) mass is 303 g/mol. The Morgan fingerprint density at radius 3 is 2.59 bits per heavy atom. The molecule has 0 radical (unpaired) electrons. The molecule has 6 heteroatoms. The number of carboxylic acids is 1. The molecule has 0 spiro atoms. The van der Waals surface area contributed by atoms with Crippen LogP contribution in [0.25, 0.3) is 11.0 Å². The van der Waals surface area contributed by atoms with Crippen LogP contribution in [0.15, 0.2) is 39.5 Å². The van der Waals surface area contributed by atoms with Gasteiger partial charge in [0.1, 0.15) is 17.2 Å². The Hall–Kier alpha value is -2.63. The van der Waals surface area contributed by atoms with E-state index in [-0.39, 0.29) is 17.9 Å². The molecule has 0 aliphatic heterocycles. The fourth-order valence-corrected chi connectivity index (χ4v) is 2.15. The smallest absolute Gasteiger partial charge is 0.349 e. The van der Waals surface area contributed by atoms with E-state index in [1.165, 1.54) is 6.07 Å². The minimum Gasteiger partial charge on any atom is -0.480 e. The Kier molecular flexibility index (Phi) is 4.60. The standard InChI is InChI=1S/C16H17NO5/c1-9(2)7-12(15(19)20)17-14(18)11-8-10-5-3-4-6-13(10)22-16(11)21/h3-6,8-9,12H,7H2,1-2H3,(H,17,18)(H,19,20)/t12-/m1/s1. The van der Waals surface area contributed by atoms with Crippen LogP contribution < -0.4 is 10.9 Å². The van der Waals surface area contributed by atoms with E-state index in [0.717, 1.165) is 0 Å². The van der Waals surface area contributed by atoms with E-state index < -0.39 is 23.5 Å². The normalized spacial score (nSPS) is 12.3. The van der Waals surface area contributed by atoms with Crippen LogP contribution in [0.5, 0.6) is 0 Å². The number of para-hydroxylation sites is 1. The number of fused-ring (bicyclic) bond motifs is 1. The molecule has 1 atom stereocenters. The lowest BCUT2D eigenvalue weighted by Gasteiger charge is -2.16. The molecule has 1 heterocycles. The highest BCUT2D eigenvalue weighted by atomic mass is 16.4. The minimum absolute atomic E-state index is 0.0920. The fourth-order valence-electron chi connectivity index (χ4n) is 2.15. The molecule has 2 aromatic rings. The topological polar surface area (TPSA) is 96.6 Å². The zero-order valence-electron chi connectivity index (χ0n) is 12.3. The molecule has 2 rings (SSSR count). The number of hydrogen-bond donors (Lipinski definition) is 2. The largest absolute Gasteiger partial charge is 0.480 e. The van der Waals surface area contributed by atoms with Gasteiger partial charge in [0.15, 0.2) is 0 Å². The van der Waals surface area contributed by atoms with Gasteiger partial charge in [-0.2, -0.15) is 0 Å². The van der Waals surface area contributed by atoms with Crippen LogP contribution in [0.4, 0.5) is 0 Å². The Bertz CT molecular complexity index is 762. The number of amides is 1. The van der Waals surface area contributed by atoms with Crippen LogP contribution >= 0.6 is 0 Å². The van der Waals surface area contributed by atoms with Gasteiger partial charge in [0.25, 0.3) is 5.91 Å². The third-order valence-electron chi connectivity index (χ3n) is 3.20. The number of aliphatic carboxylic acids is 1. The summed E-state index contributed by atoms with van der Waals surface area (Å²) in [6, 6.07) is 7.16. The van der Waals surface area contributed by atoms with Crippen molar-refractivity contribution >= 4 is 22.8 Å². The lowest BCUT2D eigenvalue weighted by Crippen LogP contribution is -2.42. The predicted molar refractivity (Wildman–Crippen MR) is 80.8 cm³/mol. The SMILES string of the molecule is CC(C)C[C@@H](NC(=O)c1cc2ccccc2oc1=O)C(=O)O. The summed E-state index contributed by atoms with van der Waals surface area (Å²) >= 11 is 0. The van der Waals surface area contributed by atoms with Crippen LogP contribution in [0.3, 0.4) is 0 Å². The maximum atomic E-state index is 12.2. The zero-order chi connectivity index (χ0) is 16.3. The van der Waals surface area contributed by atoms with Crippen molar-refractivity contribution < 1.29 is 19.1 Å². The first-order valence-electron chi connectivity index (χ1n) is 6.95. The van der Waals surface area contributed by atoms with Gasteiger partial charge in [0, 0.05) is 5.39 Å². The molecule has 0 fully saturated rings. The molecule has 0 saturated heterocycles. The summed E-state index contributed by atoms with van der Waals surface area (Å²) in [6.07, 6.45) is 0.278. The number of benzene rings is 1. The molecule has 116 valence electrons. The van der Waals surface area contributed by atoms with Crippen LogP contribution in [-0.2, 0) is 4.79 Å². The molecule has 0 saturated carbocycles. The van der Waals surface area contributed by atoms with Crippen molar-refractivity contribution in [3.05, 3.63) is 46.3 Å². The van der Waals surface area contributed by atoms with Gasteiger partial charge in [0.2, 0.25) is 0 Å². The molecule has 0 unspecified atom stereocenters. The fraction of sp³-hybridized carbons (Fsp3) is 0.312. The molecule has 1 aromatic carbocycles. The van der Waals surface area contributed by atoms with Gasteiger partial charge in [-0.3, -0.25) is 4.79 Å². The molecular formula is C16H17NO5. The van der Waals surface area contributed by atoms with Crippen LogP contribution in [0.2, 0.25) is 0 Å². The number of carboxylic acid groups (broad SMARTS) is 1. The maximum Gasteiger partial charge on any atom is 0.349 e. The average Bonchev–Trinajstić information content (AvgIpc) is 2.45. The van der Waals surface area contributed by atoms with Crippen molar-refractivity contribution in [2.75, 3.05) is 0 Å². The van der Waals surface area contributed by atoms with Crippen molar-refractivity contribution in [3.8, 4) is 0 Å². The third kappa shape index (κ3) is 3.52. The van der Waals surface area contributed by atoms with Crippen LogP contribution in [0, 0.1) is 5.92 Å². The lowest BCUT2D eigenvalue weighted by molar-refractivity contribution is -0.139. The molecule has 2 N–H and O–H groups in total. The highest BCUT2D eigenvalue weighted by Gasteiger charge is 2.23. The Labute approximate surface area is 126 Å². The highest BCUT2D eigenvalue weighted by Crippen LogP contribution is 2.13. The number of carbonyl (C=O) groups is 2. The van der Waals surface area contributed by atoms with Gasteiger partial charge in [-0.25, -0.2) is 9.59 Å². The lowest BCUT2D eigenvalue weighted by atomic mass is 10.0.